The number of sulfonamides is 1. The van der Waals surface area contributed by atoms with E-state index < -0.39 is 28.5 Å². The van der Waals surface area contributed by atoms with Gasteiger partial charge >= 0.3 is 0 Å². The van der Waals surface area contributed by atoms with Gasteiger partial charge in [0.1, 0.15) is 12.6 Å². The summed E-state index contributed by atoms with van der Waals surface area (Å²) < 4.78 is 28.6. The third kappa shape index (κ3) is 6.98. The number of carbonyl (C=O) groups excluding carboxylic acids is 2. The van der Waals surface area contributed by atoms with Gasteiger partial charge in [-0.05, 0) is 55.2 Å². The number of rotatable bonds is 11. The topological polar surface area (TPSA) is 86.8 Å². The third-order valence-electron chi connectivity index (χ3n) is 6.17. The average molecular weight is 522 g/mol. The molecule has 0 radical (unpaired) electrons. The minimum absolute atomic E-state index is 0.0853. The van der Waals surface area contributed by atoms with Crippen LogP contribution >= 0.6 is 0 Å². The van der Waals surface area contributed by atoms with Crippen molar-refractivity contribution in [2.45, 2.75) is 51.1 Å². The molecule has 0 spiro atoms. The molecule has 1 N–H and O–H groups in total. The highest BCUT2D eigenvalue weighted by atomic mass is 32.2. The van der Waals surface area contributed by atoms with Gasteiger partial charge < -0.3 is 10.2 Å². The summed E-state index contributed by atoms with van der Waals surface area (Å²) in [5, 5.41) is 2.76. The second-order valence-electron chi connectivity index (χ2n) is 9.15. The molecule has 0 aliphatic heterocycles. The quantitative estimate of drug-likeness (QED) is 0.401. The second-order valence-corrected chi connectivity index (χ2v) is 11.0. The van der Waals surface area contributed by atoms with Crippen molar-refractivity contribution in [3.05, 3.63) is 96.1 Å². The minimum atomic E-state index is -4.06. The van der Waals surface area contributed by atoms with Crippen LogP contribution < -0.4 is 9.62 Å². The van der Waals surface area contributed by atoms with E-state index in [0.717, 1.165) is 15.4 Å². The molecule has 0 saturated heterocycles. The molecule has 8 heteroatoms. The molecule has 3 rings (SSSR count). The van der Waals surface area contributed by atoms with Gasteiger partial charge in [-0.15, -0.1) is 0 Å². The summed E-state index contributed by atoms with van der Waals surface area (Å²) in [6, 6.07) is 23.8. The second kappa shape index (κ2) is 12.5. The fourth-order valence-electron chi connectivity index (χ4n) is 3.96. The molecule has 0 saturated carbocycles. The number of benzene rings is 3. The maximum atomic E-state index is 13.8. The van der Waals surface area contributed by atoms with Gasteiger partial charge in [0.25, 0.3) is 10.0 Å². The van der Waals surface area contributed by atoms with Gasteiger partial charge in [0.05, 0.1) is 10.6 Å². The van der Waals surface area contributed by atoms with E-state index in [0.29, 0.717) is 12.2 Å². The Kier molecular flexibility index (Phi) is 9.47. The van der Waals surface area contributed by atoms with Crippen LogP contribution in [0.3, 0.4) is 0 Å². The summed E-state index contributed by atoms with van der Waals surface area (Å²) in [6.45, 7) is 7.72. The van der Waals surface area contributed by atoms with E-state index in [9.17, 15) is 18.0 Å². The molecule has 7 nitrogen and oxygen atoms in total. The highest BCUT2D eigenvalue weighted by Crippen LogP contribution is 2.26. The number of hydrogen-bond acceptors (Lipinski definition) is 4. The zero-order chi connectivity index (χ0) is 27.0. The lowest BCUT2D eigenvalue weighted by atomic mass is 10.0. The summed E-state index contributed by atoms with van der Waals surface area (Å²) >= 11 is 0. The van der Waals surface area contributed by atoms with Crippen LogP contribution in [0.1, 0.15) is 44.7 Å². The zero-order valence-corrected chi connectivity index (χ0v) is 22.6. The molecule has 0 fully saturated rings. The van der Waals surface area contributed by atoms with E-state index in [1.54, 1.807) is 37.3 Å². The molecule has 196 valence electrons. The number of nitrogens with zero attached hydrogens (tertiary/aromatic N) is 2. The van der Waals surface area contributed by atoms with Crippen molar-refractivity contribution >= 4 is 27.5 Å². The van der Waals surface area contributed by atoms with Crippen LogP contribution in [0.25, 0.3) is 0 Å². The fourth-order valence-corrected chi connectivity index (χ4v) is 5.39. The largest absolute Gasteiger partial charge is 0.355 e. The summed E-state index contributed by atoms with van der Waals surface area (Å²) in [4.78, 5) is 28.0. The number of nitrogens with one attached hydrogen (secondary N) is 1. The molecule has 0 unspecified atom stereocenters. The van der Waals surface area contributed by atoms with Crippen LogP contribution in [-0.2, 0) is 26.2 Å². The first-order valence-corrected chi connectivity index (χ1v) is 13.9. The summed E-state index contributed by atoms with van der Waals surface area (Å²) in [5.41, 5.74) is 2.28. The van der Waals surface area contributed by atoms with E-state index in [1.165, 1.54) is 17.0 Å². The highest BCUT2D eigenvalue weighted by Gasteiger charge is 2.32. The third-order valence-corrected chi connectivity index (χ3v) is 7.96. The van der Waals surface area contributed by atoms with Gasteiger partial charge in [-0.3, -0.25) is 13.9 Å². The van der Waals surface area contributed by atoms with Gasteiger partial charge in [-0.1, -0.05) is 74.5 Å². The molecule has 3 aromatic rings. The number of likely N-dealkylation sites (N-methyl/N-ethyl adjacent to an activating group) is 1. The molecule has 0 bridgehead atoms. The Morgan fingerprint density at radius 2 is 1.41 bits per heavy atom. The van der Waals surface area contributed by atoms with Crippen molar-refractivity contribution in [1.82, 2.24) is 10.2 Å². The smallest absolute Gasteiger partial charge is 0.264 e. The Labute approximate surface area is 220 Å². The molecule has 3 aromatic carbocycles. The molecule has 0 aromatic heterocycles. The number of anilines is 1. The molecule has 2 amide bonds. The molecule has 0 aliphatic carbocycles. The van der Waals surface area contributed by atoms with Crippen LogP contribution in [0.15, 0.2) is 89.8 Å². The Morgan fingerprint density at radius 3 is 1.95 bits per heavy atom. The molecule has 0 heterocycles. The van der Waals surface area contributed by atoms with E-state index in [2.05, 4.69) is 19.2 Å². The SMILES string of the molecule is CCNC(=O)[C@@H](C)N(Cc1ccccc1)C(=O)CN(c1ccc(C(C)C)cc1)S(=O)(=O)c1ccccc1. The van der Waals surface area contributed by atoms with E-state index in [-0.39, 0.29) is 23.3 Å². The van der Waals surface area contributed by atoms with Gasteiger partial charge in [0.2, 0.25) is 11.8 Å². The number of amides is 2. The van der Waals surface area contributed by atoms with Crippen LogP contribution in [0, 0.1) is 0 Å². The Morgan fingerprint density at radius 1 is 0.838 bits per heavy atom. The first-order valence-electron chi connectivity index (χ1n) is 12.4. The van der Waals surface area contributed by atoms with Gasteiger partial charge in [0.15, 0.2) is 0 Å². The van der Waals surface area contributed by atoms with Crippen LogP contribution in [0.5, 0.6) is 0 Å². The van der Waals surface area contributed by atoms with E-state index in [4.69, 9.17) is 0 Å². The maximum Gasteiger partial charge on any atom is 0.264 e. The molecular weight excluding hydrogens is 486 g/mol. The van der Waals surface area contributed by atoms with Crippen molar-refractivity contribution in [2.24, 2.45) is 0 Å². The average Bonchev–Trinajstić information content (AvgIpc) is 2.91. The van der Waals surface area contributed by atoms with E-state index in [1.807, 2.05) is 49.4 Å². The highest BCUT2D eigenvalue weighted by molar-refractivity contribution is 7.92. The van der Waals surface area contributed by atoms with Gasteiger partial charge in [-0.2, -0.15) is 0 Å². The Balaban J connectivity index is 2.02. The maximum absolute atomic E-state index is 13.8. The zero-order valence-electron chi connectivity index (χ0n) is 21.8. The lowest BCUT2D eigenvalue weighted by Gasteiger charge is -2.32. The van der Waals surface area contributed by atoms with Crippen LogP contribution in [-0.4, -0.2) is 44.3 Å². The standard InChI is InChI=1S/C29H35N3O4S/c1-5-30-29(34)23(4)31(20-24-12-8-6-9-13-24)28(33)21-32(26-18-16-25(17-19-26)22(2)3)37(35,36)27-14-10-7-11-15-27/h6-19,22-23H,5,20-21H2,1-4H3,(H,30,34)/t23-/m1/s1. The van der Waals surface area contributed by atoms with E-state index >= 15 is 0 Å². The first kappa shape index (κ1) is 27.9. The summed E-state index contributed by atoms with van der Waals surface area (Å²) in [7, 11) is -4.06. The van der Waals surface area contributed by atoms with Crippen molar-refractivity contribution in [3.63, 3.8) is 0 Å². The normalized spacial score (nSPS) is 12.1. The Hall–Kier alpha value is -3.65. The van der Waals surface area contributed by atoms with Crippen molar-refractivity contribution < 1.29 is 18.0 Å². The number of carbonyl (C=O) groups is 2. The number of hydrogen-bond donors (Lipinski definition) is 1. The monoisotopic (exact) mass is 521 g/mol. The lowest BCUT2D eigenvalue weighted by molar-refractivity contribution is -0.139. The Bertz CT molecular complexity index is 1280. The predicted octanol–water partition coefficient (Wildman–Crippen LogP) is 4.56. The van der Waals surface area contributed by atoms with Crippen molar-refractivity contribution in [1.29, 1.82) is 0 Å². The summed E-state index contributed by atoms with van der Waals surface area (Å²) in [5.74, 6) is -0.505. The molecule has 0 aliphatic rings. The summed E-state index contributed by atoms with van der Waals surface area (Å²) in [6.07, 6.45) is 0. The predicted molar refractivity (Wildman–Crippen MR) is 147 cm³/mol. The van der Waals surface area contributed by atoms with Crippen LogP contribution in [0.4, 0.5) is 5.69 Å². The molecule has 37 heavy (non-hydrogen) atoms. The van der Waals surface area contributed by atoms with Crippen molar-refractivity contribution in [2.75, 3.05) is 17.4 Å². The first-order chi connectivity index (χ1) is 17.6. The van der Waals surface area contributed by atoms with Crippen LogP contribution in [0.2, 0.25) is 0 Å². The van der Waals surface area contributed by atoms with Gasteiger partial charge in [0, 0.05) is 13.1 Å². The molecular formula is C29H35N3O4S. The lowest BCUT2D eigenvalue weighted by Crippen LogP contribution is -2.51. The molecule has 1 atom stereocenters. The van der Waals surface area contributed by atoms with Gasteiger partial charge in [-0.25, -0.2) is 8.42 Å². The fraction of sp³-hybridized carbons (Fsp3) is 0.310. The van der Waals surface area contributed by atoms with Crippen molar-refractivity contribution in [3.8, 4) is 0 Å². The minimum Gasteiger partial charge on any atom is -0.355 e.